The van der Waals surface area contributed by atoms with Crippen molar-refractivity contribution in [1.82, 2.24) is 9.80 Å². The molecule has 0 spiro atoms. The van der Waals surface area contributed by atoms with Crippen LogP contribution < -0.4 is 5.73 Å². The highest BCUT2D eigenvalue weighted by molar-refractivity contribution is 5.85. The number of aryl methyl sites for hydroxylation is 1. The van der Waals surface area contributed by atoms with Crippen molar-refractivity contribution in [2.45, 2.75) is 38.5 Å². The molecule has 3 rings (SSSR count). The summed E-state index contributed by atoms with van der Waals surface area (Å²) in [6.45, 7) is 3.43. The Morgan fingerprint density at radius 3 is 2.41 bits per heavy atom. The van der Waals surface area contributed by atoms with Crippen molar-refractivity contribution in [3.05, 3.63) is 35.9 Å². The molecule has 1 saturated carbocycles. The van der Waals surface area contributed by atoms with Crippen molar-refractivity contribution in [1.29, 1.82) is 0 Å². The minimum atomic E-state index is 0. The molecule has 1 aromatic rings. The minimum Gasteiger partial charge on any atom is -0.341 e. The Bertz CT molecular complexity index is 611. The predicted octanol–water partition coefficient (Wildman–Crippen LogP) is 2.48. The van der Waals surface area contributed by atoms with Gasteiger partial charge in [-0.1, -0.05) is 36.8 Å². The van der Waals surface area contributed by atoms with Crippen LogP contribution in [-0.2, 0) is 16.0 Å². The van der Waals surface area contributed by atoms with E-state index in [0.717, 1.165) is 45.2 Å². The third-order valence-electron chi connectivity index (χ3n) is 5.91. The van der Waals surface area contributed by atoms with Gasteiger partial charge in [0.15, 0.2) is 0 Å². The Morgan fingerprint density at radius 2 is 1.67 bits per heavy atom. The summed E-state index contributed by atoms with van der Waals surface area (Å²) < 4.78 is 0. The van der Waals surface area contributed by atoms with E-state index in [4.69, 9.17) is 5.73 Å². The molecule has 27 heavy (non-hydrogen) atoms. The summed E-state index contributed by atoms with van der Waals surface area (Å²) in [5, 5.41) is 0. The van der Waals surface area contributed by atoms with E-state index >= 15 is 0 Å². The Balaban J connectivity index is 0.00000261. The highest BCUT2D eigenvalue weighted by atomic mass is 35.5. The van der Waals surface area contributed by atoms with E-state index in [1.165, 1.54) is 5.56 Å². The summed E-state index contributed by atoms with van der Waals surface area (Å²) in [5.74, 6) is 0.898. The zero-order valence-electron chi connectivity index (χ0n) is 16.0. The number of hydrogen-bond donors (Lipinski definition) is 1. The van der Waals surface area contributed by atoms with E-state index in [1.54, 1.807) is 0 Å². The van der Waals surface area contributed by atoms with Gasteiger partial charge in [0, 0.05) is 38.5 Å². The standard InChI is InChI=1S/C21H31N3O2.ClH/c22-16-18-8-4-9-19(18)21(26)24-13-5-12-23(14-15-24)20(25)11-10-17-6-2-1-3-7-17;/h1-3,6-7,18-19H,4-5,8-16,22H2;1H/t18-,19-;/m1./s1. The van der Waals surface area contributed by atoms with E-state index in [-0.39, 0.29) is 30.1 Å². The van der Waals surface area contributed by atoms with Gasteiger partial charge in [0.1, 0.15) is 0 Å². The highest BCUT2D eigenvalue weighted by Gasteiger charge is 2.35. The number of benzene rings is 1. The van der Waals surface area contributed by atoms with Crippen LogP contribution in [0.15, 0.2) is 30.3 Å². The van der Waals surface area contributed by atoms with Crippen LogP contribution >= 0.6 is 12.4 Å². The first-order valence-corrected chi connectivity index (χ1v) is 9.99. The molecule has 1 saturated heterocycles. The van der Waals surface area contributed by atoms with Crippen molar-refractivity contribution in [3.8, 4) is 0 Å². The largest absolute Gasteiger partial charge is 0.341 e. The summed E-state index contributed by atoms with van der Waals surface area (Å²) in [6, 6.07) is 10.1. The Labute approximate surface area is 168 Å². The molecule has 5 nitrogen and oxygen atoms in total. The van der Waals surface area contributed by atoms with Gasteiger partial charge in [-0.2, -0.15) is 0 Å². The van der Waals surface area contributed by atoms with Crippen LogP contribution in [0.4, 0.5) is 0 Å². The Kier molecular flexibility index (Phi) is 8.58. The average molecular weight is 394 g/mol. The lowest BCUT2D eigenvalue weighted by atomic mass is 9.94. The molecule has 2 atom stereocenters. The number of halogens is 1. The second kappa shape index (κ2) is 10.7. The topological polar surface area (TPSA) is 66.6 Å². The molecular formula is C21H32ClN3O2. The predicted molar refractivity (Wildman–Crippen MR) is 110 cm³/mol. The third-order valence-corrected chi connectivity index (χ3v) is 5.91. The molecule has 0 bridgehead atoms. The fourth-order valence-corrected chi connectivity index (χ4v) is 4.32. The molecule has 1 heterocycles. The van der Waals surface area contributed by atoms with Gasteiger partial charge >= 0.3 is 0 Å². The van der Waals surface area contributed by atoms with Gasteiger partial charge in [0.05, 0.1) is 0 Å². The van der Waals surface area contributed by atoms with E-state index in [1.807, 2.05) is 28.0 Å². The SMILES string of the molecule is Cl.NC[C@H]1CCC[C@H]1C(=O)N1CCCN(C(=O)CCc2ccccc2)CC1. The molecule has 2 N–H and O–H groups in total. The minimum absolute atomic E-state index is 0. The van der Waals surface area contributed by atoms with Gasteiger partial charge in [0.25, 0.3) is 0 Å². The number of carbonyl (C=O) groups is 2. The van der Waals surface area contributed by atoms with Crippen molar-refractivity contribution in [2.75, 3.05) is 32.7 Å². The maximum absolute atomic E-state index is 12.9. The molecule has 2 aliphatic rings. The molecule has 2 amide bonds. The van der Waals surface area contributed by atoms with Crippen LogP contribution in [0.1, 0.15) is 37.7 Å². The zero-order chi connectivity index (χ0) is 18.4. The summed E-state index contributed by atoms with van der Waals surface area (Å²) in [6.07, 6.45) is 5.33. The van der Waals surface area contributed by atoms with Gasteiger partial charge in [-0.15, -0.1) is 12.4 Å². The Hall–Kier alpha value is -1.59. The molecule has 0 radical (unpaired) electrons. The highest BCUT2D eigenvalue weighted by Crippen LogP contribution is 2.32. The molecule has 1 aliphatic heterocycles. The maximum atomic E-state index is 12.9. The lowest BCUT2D eigenvalue weighted by Crippen LogP contribution is -2.41. The van der Waals surface area contributed by atoms with Crippen molar-refractivity contribution in [2.24, 2.45) is 17.6 Å². The van der Waals surface area contributed by atoms with Crippen LogP contribution in [0.2, 0.25) is 0 Å². The van der Waals surface area contributed by atoms with Gasteiger partial charge < -0.3 is 15.5 Å². The number of nitrogens with two attached hydrogens (primary N) is 1. The van der Waals surface area contributed by atoms with Crippen molar-refractivity contribution < 1.29 is 9.59 Å². The molecule has 0 unspecified atom stereocenters. The van der Waals surface area contributed by atoms with E-state index < -0.39 is 0 Å². The molecule has 2 fully saturated rings. The van der Waals surface area contributed by atoms with Crippen molar-refractivity contribution >= 4 is 24.2 Å². The second-order valence-electron chi connectivity index (χ2n) is 7.58. The van der Waals surface area contributed by atoms with Gasteiger partial charge in [-0.25, -0.2) is 0 Å². The number of nitrogens with zero attached hydrogens (tertiary/aromatic N) is 2. The first kappa shape index (κ1) is 21.7. The first-order valence-electron chi connectivity index (χ1n) is 9.99. The molecule has 0 aromatic heterocycles. The fourth-order valence-electron chi connectivity index (χ4n) is 4.32. The van der Waals surface area contributed by atoms with Gasteiger partial charge in [-0.05, 0) is 43.7 Å². The number of hydrogen-bond acceptors (Lipinski definition) is 3. The fraction of sp³-hybridized carbons (Fsp3) is 0.619. The Morgan fingerprint density at radius 1 is 0.963 bits per heavy atom. The number of amides is 2. The molecule has 1 aliphatic carbocycles. The molecule has 150 valence electrons. The zero-order valence-corrected chi connectivity index (χ0v) is 16.8. The average Bonchev–Trinajstić information content (AvgIpc) is 3.02. The monoisotopic (exact) mass is 393 g/mol. The van der Waals surface area contributed by atoms with Crippen LogP contribution in [0.3, 0.4) is 0 Å². The molecule has 6 heteroatoms. The lowest BCUT2D eigenvalue weighted by Gasteiger charge is -2.27. The van der Waals surface area contributed by atoms with Crippen LogP contribution in [0, 0.1) is 11.8 Å². The quantitative estimate of drug-likeness (QED) is 0.835. The van der Waals surface area contributed by atoms with Crippen LogP contribution in [0.25, 0.3) is 0 Å². The lowest BCUT2D eigenvalue weighted by molar-refractivity contribution is -0.137. The van der Waals surface area contributed by atoms with Gasteiger partial charge in [0.2, 0.25) is 11.8 Å². The first-order chi connectivity index (χ1) is 12.7. The van der Waals surface area contributed by atoms with Gasteiger partial charge in [-0.3, -0.25) is 9.59 Å². The van der Waals surface area contributed by atoms with Crippen LogP contribution in [-0.4, -0.2) is 54.3 Å². The summed E-state index contributed by atoms with van der Waals surface area (Å²) in [4.78, 5) is 29.3. The van der Waals surface area contributed by atoms with Crippen molar-refractivity contribution in [3.63, 3.8) is 0 Å². The summed E-state index contributed by atoms with van der Waals surface area (Å²) in [5.41, 5.74) is 7.04. The molecule has 1 aromatic carbocycles. The maximum Gasteiger partial charge on any atom is 0.226 e. The number of rotatable bonds is 5. The molecular weight excluding hydrogens is 362 g/mol. The van der Waals surface area contributed by atoms with E-state index in [9.17, 15) is 9.59 Å². The van der Waals surface area contributed by atoms with Crippen LogP contribution in [0.5, 0.6) is 0 Å². The third kappa shape index (κ3) is 5.69. The number of carbonyl (C=O) groups excluding carboxylic acids is 2. The normalized spacial score (nSPS) is 22.9. The van der Waals surface area contributed by atoms with E-state index in [0.29, 0.717) is 32.0 Å². The second-order valence-corrected chi connectivity index (χ2v) is 7.58. The smallest absolute Gasteiger partial charge is 0.226 e. The summed E-state index contributed by atoms with van der Waals surface area (Å²) in [7, 11) is 0. The summed E-state index contributed by atoms with van der Waals surface area (Å²) >= 11 is 0. The van der Waals surface area contributed by atoms with E-state index in [2.05, 4.69) is 12.1 Å².